The van der Waals surface area contributed by atoms with Gasteiger partial charge in [-0.15, -0.1) is 23.1 Å². The van der Waals surface area contributed by atoms with Gasteiger partial charge in [0.2, 0.25) is 0 Å². The standard InChI is InChI=1S/C12H20N2S2/c1-12(2,3)15-8-11-14-7-10(16-11)6-13-9-4-5-9/h7,9,13H,4-6,8H2,1-3H3. The number of nitrogens with one attached hydrogen (secondary N) is 1. The summed E-state index contributed by atoms with van der Waals surface area (Å²) in [5, 5.41) is 4.78. The van der Waals surface area contributed by atoms with Gasteiger partial charge in [-0.1, -0.05) is 20.8 Å². The van der Waals surface area contributed by atoms with Crippen LogP contribution in [-0.2, 0) is 12.3 Å². The molecular weight excluding hydrogens is 236 g/mol. The van der Waals surface area contributed by atoms with Crippen LogP contribution in [0.3, 0.4) is 0 Å². The smallest absolute Gasteiger partial charge is 0.103 e. The molecule has 1 saturated carbocycles. The molecule has 0 bridgehead atoms. The highest BCUT2D eigenvalue weighted by Crippen LogP contribution is 2.29. The van der Waals surface area contributed by atoms with Crippen molar-refractivity contribution in [2.45, 2.75) is 56.7 Å². The highest BCUT2D eigenvalue weighted by atomic mass is 32.2. The summed E-state index contributed by atoms with van der Waals surface area (Å²) in [4.78, 5) is 5.85. The Bertz CT molecular complexity index is 337. The maximum atomic E-state index is 4.48. The first-order valence-electron chi connectivity index (χ1n) is 5.84. The molecule has 1 heterocycles. The summed E-state index contributed by atoms with van der Waals surface area (Å²) in [6, 6.07) is 0.787. The van der Waals surface area contributed by atoms with E-state index in [-0.39, 0.29) is 0 Å². The lowest BCUT2D eigenvalue weighted by Gasteiger charge is -2.16. The molecule has 0 saturated heterocycles. The third-order valence-corrected chi connectivity index (χ3v) is 4.84. The van der Waals surface area contributed by atoms with Crippen molar-refractivity contribution in [2.24, 2.45) is 0 Å². The molecule has 0 aromatic carbocycles. The van der Waals surface area contributed by atoms with Crippen LogP contribution < -0.4 is 5.32 Å². The molecule has 1 aromatic heterocycles. The molecule has 2 rings (SSSR count). The van der Waals surface area contributed by atoms with E-state index in [1.54, 1.807) is 0 Å². The Kier molecular flexibility index (Phi) is 3.93. The van der Waals surface area contributed by atoms with E-state index in [4.69, 9.17) is 0 Å². The first kappa shape index (κ1) is 12.4. The average molecular weight is 256 g/mol. The Hall–Kier alpha value is -0.0600. The van der Waals surface area contributed by atoms with Crippen LogP contribution >= 0.6 is 23.1 Å². The van der Waals surface area contributed by atoms with E-state index >= 15 is 0 Å². The molecule has 4 heteroatoms. The molecule has 1 aromatic rings. The number of aromatic nitrogens is 1. The van der Waals surface area contributed by atoms with E-state index in [1.165, 1.54) is 22.7 Å². The van der Waals surface area contributed by atoms with Crippen molar-refractivity contribution < 1.29 is 0 Å². The molecule has 0 amide bonds. The number of hydrogen-bond donors (Lipinski definition) is 1. The first-order chi connectivity index (χ1) is 7.53. The van der Waals surface area contributed by atoms with Crippen LogP contribution in [0.2, 0.25) is 0 Å². The quantitative estimate of drug-likeness (QED) is 0.873. The zero-order valence-corrected chi connectivity index (χ0v) is 11.9. The van der Waals surface area contributed by atoms with Gasteiger partial charge >= 0.3 is 0 Å². The second-order valence-electron chi connectivity index (χ2n) is 5.28. The Balaban J connectivity index is 1.77. The fourth-order valence-electron chi connectivity index (χ4n) is 1.31. The van der Waals surface area contributed by atoms with E-state index < -0.39 is 0 Å². The number of thiazole rings is 1. The Morgan fingerprint density at radius 1 is 1.50 bits per heavy atom. The predicted molar refractivity (Wildman–Crippen MR) is 73.0 cm³/mol. The summed E-state index contributed by atoms with van der Waals surface area (Å²) in [6.07, 6.45) is 4.73. The maximum Gasteiger partial charge on any atom is 0.103 e. The number of hydrogen-bond acceptors (Lipinski definition) is 4. The molecule has 0 radical (unpaired) electrons. The SMILES string of the molecule is CC(C)(C)SCc1ncc(CNC2CC2)s1. The van der Waals surface area contributed by atoms with Gasteiger partial charge in [0.15, 0.2) is 0 Å². The molecule has 0 atom stereocenters. The van der Waals surface area contributed by atoms with E-state index in [1.807, 2.05) is 29.3 Å². The Morgan fingerprint density at radius 3 is 2.88 bits per heavy atom. The van der Waals surface area contributed by atoms with Crippen molar-refractivity contribution in [3.63, 3.8) is 0 Å². The molecule has 1 aliphatic rings. The van der Waals surface area contributed by atoms with E-state index in [0.29, 0.717) is 4.75 Å². The molecule has 0 spiro atoms. The molecule has 1 aliphatic carbocycles. The lowest BCUT2D eigenvalue weighted by molar-refractivity contribution is 0.694. The van der Waals surface area contributed by atoms with Gasteiger partial charge in [-0.05, 0) is 12.8 Å². The Morgan fingerprint density at radius 2 is 2.25 bits per heavy atom. The van der Waals surface area contributed by atoms with Gasteiger partial charge in [0.1, 0.15) is 5.01 Å². The van der Waals surface area contributed by atoms with Gasteiger partial charge in [-0.2, -0.15) is 0 Å². The van der Waals surface area contributed by atoms with Crippen molar-refractivity contribution >= 4 is 23.1 Å². The highest BCUT2D eigenvalue weighted by Gasteiger charge is 2.20. The Labute approximate surface area is 106 Å². The fraction of sp³-hybridized carbons (Fsp3) is 0.750. The van der Waals surface area contributed by atoms with Crippen LogP contribution in [0.5, 0.6) is 0 Å². The average Bonchev–Trinajstić information content (AvgIpc) is 2.91. The molecular formula is C12H20N2S2. The van der Waals surface area contributed by atoms with Crippen molar-refractivity contribution in [1.82, 2.24) is 10.3 Å². The third-order valence-electron chi connectivity index (χ3n) is 2.37. The molecule has 90 valence electrons. The second kappa shape index (κ2) is 5.07. The van der Waals surface area contributed by atoms with Gasteiger partial charge in [-0.3, -0.25) is 0 Å². The fourth-order valence-corrected chi connectivity index (χ4v) is 3.02. The zero-order valence-electron chi connectivity index (χ0n) is 10.2. The van der Waals surface area contributed by atoms with Crippen molar-refractivity contribution in [3.05, 3.63) is 16.1 Å². The minimum atomic E-state index is 0.331. The monoisotopic (exact) mass is 256 g/mol. The highest BCUT2D eigenvalue weighted by molar-refractivity contribution is 7.99. The molecule has 1 fully saturated rings. The van der Waals surface area contributed by atoms with Crippen molar-refractivity contribution in [2.75, 3.05) is 0 Å². The summed E-state index contributed by atoms with van der Waals surface area (Å²) in [6.45, 7) is 7.75. The topological polar surface area (TPSA) is 24.9 Å². The van der Waals surface area contributed by atoms with Crippen molar-refractivity contribution in [1.29, 1.82) is 0 Å². The van der Waals surface area contributed by atoms with Crippen LogP contribution in [0, 0.1) is 0 Å². The largest absolute Gasteiger partial charge is 0.309 e. The van der Waals surface area contributed by atoms with Crippen LogP contribution in [0.25, 0.3) is 0 Å². The van der Waals surface area contributed by atoms with Crippen LogP contribution in [0.4, 0.5) is 0 Å². The van der Waals surface area contributed by atoms with Gasteiger partial charge in [0, 0.05) is 34.2 Å². The summed E-state index contributed by atoms with van der Waals surface area (Å²) in [5.74, 6) is 1.04. The van der Waals surface area contributed by atoms with Gasteiger partial charge < -0.3 is 5.32 Å². The van der Waals surface area contributed by atoms with Gasteiger partial charge in [0.25, 0.3) is 0 Å². The summed E-state index contributed by atoms with van der Waals surface area (Å²) in [5.41, 5.74) is 0. The summed E-state index contributed by atoms with van der Waals surface area (Å²) < 4.78 is 0.331. The second-order valence-corrected chi connectivity index (χ2v) is 8.28. The van der Waals surface area contributed by atoms with Crippen molar-refractivity contribution in [3.8, 4) is 0 Å². The van der Waals surface area contributed by atoms with Crippen LogP contribution in [0.15, 0.2) is 6.20 Å². The number of thioether (sulfide) groups is 1. The minimum Gasteiger partial charge on any atom is -0.309 e. The van der Waals surface area contributed by atoms with Crippen LogP contribution in [-0.4, -0.2) is 15.8 Å². The lowest BCUT2D eigenvalue weighted by Crippen LogP contribution is -2.14. The van der Waals surface area contributed by atoms with E-state index in [2.05, 4.69) is 31.1 Å². The summed E-state index contributed by atoms with van der Waals surface area (Å²) in [7, 11) is 0. The lowest BCUT2D eigenvalue weighted by atomic mass is 10.3. The predicted octanol–water partition coefficient (Wildman–Crippen LogP) is 3.43. The first-order valence-corrected chi connectivity index (χ1v) is 7.64. The minimum absolute atomic E-state index is 0.331. The maximum absolute atomic E-state index is 4.48. The molecule has 0 aliphatic heterocycles. The third kappa shape index (κ3) is 4.44. The summed E-state index contributed by atoms with van der Waals surface area (Å²) >= 11 is 3.81. The molecule has 1 N–H and O–H groups in total. The van der Waals surface area contributed by atoms with Gasteiger partial charge in [-0.25, -0.2) is 4.98 Å². The van der Waals surface area contributed by atoms with Crippen LogP contribution in [0.1, 0.15) is 43.5 Å². The number of nitrogens with zero attached hydrogens (tertiary/aromatic N) is 1. The normalized spacial score (nSPS) is 16.7. The van der Waals surface area contributed by atoms with E-state index in [0.717, 1.165) is 18.3 Å². The van der Waals surface area contributed by atoms with Gasteiger partial charge in [0.05, 0.1) is 0 Å². The molecule has 2 nitrogen and oxygen atoms in total. The number of rotatable bonds is 5. The molecule has 16 heavy (non-hydrogen) atoms. The van der Waals surface area contributed by atoms with E-state index in [9.17, 15) is 0 Å². The zero-order chi connectivity index (χ0) is 11.6. The molecule has 0 unspecified atom stereocenters.